The Morgan fingerprint density at radius 1 is 0.943 bits per heavy atom. The molecule has 180 valence electrons. The van der Waals surface area contributed by atoms with E-state index in [0.29, 0.717) is 18.0 Å². The van der Waals surface area contributed by atoms with E-state index >= 15 is 0 Å². The molecular formula is C29H30N2O4. The molecular weight excluding hydrogens is 440 g/mol. The lowest BCUT2D eigenvalue weighted by Crippen LogP contribution is -2.45. The Kier molecular flexibility index (Phi) is 7.01. The van der Waals surface area contributed by atoms with Crippen LogP contribution >= 0.6 is 0 Å². The summed E-state index contributed by atoms with van der Waals surface area (Å²) in [5, 5.41) is 5.56. The van der Waals surface area contributed by atoms with Gasteiger partial charge >= 0.3 is 0 Å². The van der Waals surface area contributed by atoms with Crippen LogP contribution in [0.5, 0.6) is 5.75 Å². The maximum absolute atomic E-state index is 13.2. The van der Waals surface area contributed by atoms with E-state index in [-0.39, 0.29) is 12.3 Å². The van der Waals surface area contributed by atoms with Crippen molar-refractivity contribution in [3.8, 4) is 5.75 Å². The summed E-state index contributed by atoms with van der Waals surface area (Å²) >= 11 is 0. The highest BCUT2D eigenvalue weighted by Crippen LogP contribution is 2.29. The zero-order chi connectivity index (χ0) is 25.0. The number of carbonyl (C=O) groups is 3. The predicted octanol–water partition coefficient (Wildman–Crippen LogP) is 4.64. The lowest BCUT2D eigenvalue weighted by atomic mass is 9.86. The van der Waals surface area contributed by atoms with E-state index in [1.54, 1.807) is 13.0 Å². The van der Waals surface area contributed by atoms with Crippen LogP contribution in [0.4, 0.5) is 5.69 Å². The molecule has 0 aromatic heterocycles. The van der Waals surface area contributed by atoms with Gasteiger partial charge < -0.3 is 15.4 Å². The molecule has 0 saturated carbocycles. The van der Waals surface area contributed by atoms with Gasteiger partial charge in [-0.05, 0) is 47.7 Å². The summed E-state index contributed by atoms with van der Waals surface area (Å²) in [6.07, 6.45) is 0.281. The van der Waals surface area contributed by atoms with Gasteiger partial charge in [0, 0.05) is 12.1 Å². The number of nitrogens with one attached hydrogen (secondary N) is 2. The van der Waals surface area contributed by atoms with Gasteiger partial charge in [-0.3, -0.25) is 14.4 Å². The Labute approximate surface area is 205 Å². The first kappa shape index (κ1) is 24.2. The van der Waals surface area contributed by atoms with Crippen LogP contribution in [0.3, 0.4) is 0 Å². The summed E-state index contributed by atoms with van der Waals surface area (Å²) in [6, 6.07) is 24.7. The maximum atomic E-state index is 13.2. The molecule has 35 heavy (non-hydrogen) atoms. The van der Waals surface area contributed by atoms with Crippen molar-refractivity contribution in [1.29, 1.82) is 0 Å². The number of carbonyl (C=O) groups excluding carboxylic acids is 3. The standard InChI is InChI=1S/C29H30N2O4/c1-19(2)23-11-7-8-12-24(23)30-27(33)25-26(32)29(3,31-28(25)34)17-20-13-15-22(16-14-20)35-18-21-9-5-4-6-10-21/h4-16,19,25H,17-18H2,1-3H3,(H,30,33)(H,31,34). The van der Waals surface area contributed by atoms with Gasteiger partial charge in [0.1, 0.15) is 17.9 Å². The molecule has 1 aliphatic heterocycles. The highest BCUT2D eigenvalue weighted by atomic mass is 16.5. The summed E-state index contributed by atoms with van der Waals surface area (Å²) in [6.45, 7) is 6.17. The van der Waals surface area contributed by atoms with Crippen molar-refractivity contribution in [3.05, 3.63) is 95.6 Å². The van der Waals surface area contributed by atoms with Crippen molar-refractivity contribution in [2.24, 2.45) is 5.92 Å². The van der Waals surface area contributed by atoms with Gasteiger partial charge in [0.25, 0.3) is 0 Å². The topological polar surface area (TPSA) is 84.5 Å². The molecule has 0 radical (unpaired) electrons. The van der Waals surface area contributed by atoms with Crippen molar-refractivity contribution >= 4 is 23.3 Å². The third-order valence-corrected chi connectivity index (χ3v) is 6.30. The van der Waals surface area contributed by atoms with Crippen molar-refractivity contribution in [2.75, 3.05) is 5.32 Å². The van der Waals surface area contributed by atoms with Gasteiger partial charge in [-0.2, -0.15) is 0 Å². The molecule has 1 heterocycles. The molecule has 0 bridgehead atoms. The molecule has 0 aliphatic carbocycles. The van der Waals surface area contributed by atoms with E-state index in [2.05, 4.69) is 10.6 Å². The van der Waals surface area contributed by atoms with E-state index in [4.69, 9.17) is 4.74 Å². The first-order valence-electron chi connectivity index (χ1n) is 11.8. The van der Waals surface area contributed by atoms with E-state index in [1.165, 1.54) is 0 Å². The Morgan fingerprint density at radius 3 is 2.29 bits per heavy atom. The number of hydrogen-bond donors (Lipinski definition) is 2. The smallest absolute Gasteiger partial charge is 0.244 e. The van der Waals surface area contributed by atoms with Crippen LogP contribution in [-0.2, 0) is 27.4 Å². The molecule has 3 aromatic carbocycles. The molecule has 2 amide bonds. The van der Waals surface area contributed by atoms with E-state index in [9.17, 15) is 14.4 Å². The quantitative estimate of drug-likeness (QED) is 0.470. The molecule has 1 fully saturated rings. The van der Waals surface area contributed by atoms with Crippen LogP contribution in [0.15, 0.2) is 78.9 Å². The molecule has 0 spiro atoms. The molecule has 2 N–H and O–H groups in total. The monoisotopic (exact) mass is 470 g/mol. The van der Waals surface area contributed by atoms with Gasteiger partial charge in [0.15, 0.2) is 11.7 Å². The number of para-hydroxylation sites is 1. The number of amides is 2. The van der Waals surface area contributed by atoms with Gasteiger partial charge in [-0.25, -0.2) is 0 Å². The summed E-state index contributed by atoms with van der Waals surface area (Å²) in [5.41, 5.74) is 2.34. The second kappa shape index (κ2) is 10.1. The molecule has 1 aliphatic rings. The van der Waals surface area contributed by atoms with Gasteiger partial charge in [0.2, 0.25) is 11.8 Å². The number of ketones is 1. The zero-order valence-electron chi connectivity index (χ0n) is 20.2. The van der Waals surface area contributed by atoms with Crippen LogP contribution in [0.25, 0.3) is 0 Å². The van der Waals surface area contributed by atoms with Gasteiger partial charge in [-0.15, -0.1) is 0 Å². The van der Waals surface area contributed by atoms with Crippen LogP contribution in [-0.4, -0.2) is 23.1 Å². The van der Waals surface area contributed by atoms with Crippen molar-refractivity contribution in [2.45, 2.75) is 45.3 Å². The fraction of sp³-hybridized carbons (Fsp3) is 0.276. The summed E-state index contributed by atoms with van der Waals surface area (Å²) in [4.78, 5) is 38.9. The number of rotatable bonds is 8. The molecule has 6 nitrogen and oxygen atoms in total. The van der Waals surface area contributed by atoms with Crippen molar-refractivity contribution in [3.63, 3.8) is 0 Å². The first-order valence-corrected chi connectivity index (χ1v) is 11.8. The number of ether oxygens (including phenoxy) is 1. The lowest BCUT2D eigenvalue weighted by molar-refractivity contribution is -0.135. The SMILES string of the molecule is CC(C)c1ccccc1NC(=O)C1C(=O)NC(C)(Cc2ccc(OCc3ccccc3)cc2)C1=O. The first-order chi connectivity index (χ1) is 16.8. The minimum atomic E-state index is -1.38. The highest BCUT2D eigenvalue weighted by molar-refractivity contribution is 6.27. The molecule has 6 heteroatoms. The Morgan fingerprint density at radius 2 is 1.60 bits per heavy atom. The number of Topliss-reactive ketones (excluding diaryl/α,β-unsaturated/α-hetero) is 1. The van der Waals surface area contributed by atoms with Crippen LogP contribution in [0, 0.1) is 5.92 Å². The predicted molar refractivity (Wildman–Crippen MR) is 135 cm³/mol. The lowest BCUT2D eigenvalue weighted by Gasteiger charge is -2.22. The fourth-order valence-corrected chi connectivity index (χ4v) is 4.38. The minimum Gasteiger partial charge on any atom is -0.489 e. The van der Waals surface area contributed by atoms with Crippen LogP contribution in [0.1, 0.15) is 43.4 Å². The molecule has 4 rings (SSSR count). The van der Waals surface area contributed by atoms with E-state index in [1.807, 2.05) is 86.6 Å². The Bertz CT molecular complexity index is 1220. The third-order valence-electron chi connectivity index (χ3n) is 6.30. The summed E-state index contributed by atoms with van der Waals surface area (Å²) in [5.74, 6) is -2.08. The van der Waals surface area contributed by atoms with Crippen molar-refractivity contribution < 1.29 is 19.1 Å². The Hall–Kier alpha value is -3.93. The maximum Gasteiger partial charge on any atom is 0.244 e. The number of anilines is 1. The second-order valence-electron chi connectivity index (χ2n) is 9.44. The normalized spacial score (nSPS) is 19.5. The van der Waals surface area contributed by atoms with Crippen LogP contribution < -0.4 is 15.4 Å². The van der Waals surface area contributed by atoms with E-state index in [0.717, 1.165) is 16.7 Å². The molecule has 3 aromatic rings. The summed E-state index contributed by atoms with van der Waals surface area (Å²) in [7, 11) is 0. The minimum absolute atomic E-state index is 0.185. The summed E-state index contributed by atoms with van der Waals surface area (Å²) < 4.78 is 5.82. The van der Waals surface area contributed by atoms with E-state index < -0.39 is 29.1 Å². The number of hydrogen-bond acceptors (Lipinski definition) is 4. The average molecular weight is 471 g/mol. The molecule has 2 atom stereocenters. The largest absolute Gasteiger partial charge is 0.489 e. The van der Waals surface area contributed by atoms with Crippen molar-refractivity contribution in [1.82, 2.24) is 5.32 Å². The third kappa shape index (κ3) is 5.43. The number of benzene rings is 3. The second-order valence-corrected chi connectivity index (χ2v) is 9.44. The molecule has 2 unspecified atom stereocenters. The van der Waals surface area contributed by atoms with Gasteiger partial charge in [0.05, 0.1) is 0 Å². The molecule has 1 saturated heterocycles. The van der Waals surface area contributed by atoms with Crippen LogP contribution in [0.2, 0.25) is 0 Å². The zero-order valence-corrected chi connectivity index (χ0v) is 20.2. The highest BCUT2D eigenvalue weighted by Gasteiger charge is 2.52. The fourth-order valence-electron chi connectivity index (χ4n) is 4.38. The van der Waals surface area contributed by atoms with Gasteiger partial charge in [-0.1, -0.05) is 74.5 Å². The average Bonchev–Trinajstić information content (AvgIpc) is 3.07. The Balaban J connectivity index is 1.41.